The van der Waals surface area contributed by atoms with Gasteiger partial charge in [0.05, 0.1) is 19.3 Å². The van der Waals surface area contributed by atoms with E-state index < -0.39 is 6.17 Å². The lowest BCUT2D eigenvalue weighted by molar-refractivity contribution is 0.173. The summed E-state index contributed by atoms with van der Waals surface area (Å²) >= 11 is 0. The number of alkyl halides is 1. The Balaban J connectivity index is 1.69. The van der Waals surface area contributed by atoms with Gasteiger partial charge in [-0.2, -0.15) is 0 Å². The van der Waals surface area contributed by atoms with E-state index in [-0.39, 0.29) is 12.6 Å². The van der Waals surface area contributed by atoms with Crippen LogP contribution < -0.4 is 5.32 Å². The van der Waals surface area contributed by atoms with Gasteiger partial charge in [0.15, 0.2) is 0 Å². The quantitative estimate of drug-likeness (QED) is 0.872. The van der Waals surface area contributed by atoms with Gasteiger partial charge in [0.25, 0.3) is 0 Å². The van der Waals surface area contributed by atoms with E-state index in [0.29, 0.717) is 18.3 Å². The van der Waals surface area contributed by atoms with Gasteiger partial charge in [-0.1, -0.05) is 6.42 Å². The minimum atomic E-state index is -0.947. The number of ether oxygens (including phenoxy) is 1. The molecule has 0 spiro atoms. The van der Waals surface area contributed by atoms with Crippen molar-refractivity contribution in [2.45, 2.75) is 37.4 Å². The fourth-order valence-electron chi connectivity index (χ4n) is 2.23. The lowest BCUT2D eigenvalue weighted by Crippen LogP contribution is -2.29. The zero-order chi connectivity index (χ0) is 11.7. The van der Waals surface area contributed by atoms with Crippen LogP contribution in [0.1, 0.15) is 30.9 Å². The lowest BCUT2D eigenvalue weighted by Gasteiger charge is -2.25. The third-order valence-corrected chi connectivity index (χ3v) is 3.56. The summed E-state index contributed by atoms with van der Waals surface area (Å²) in [5, 5.41) is 3.08. The molecule has 92 valence electrons. The highest BCUT2D eigenvalue weighted by molar-refractivity contribution is 5.38. The molecule has 1 N–H and O–H groups in total. The molecule has 5 heteroatoms. The summed E-state index contributed by atoms with van der Waals surface area (Å²) in [6.45, 7) is 0.585. The second kappa shape index (κ2) is 4.56. The zero-order valence-corrected chi connectivity index (χ0v) is 9.60. The summed E-state index contributed by atoms with van der Waals surface area (Å²) in [7, 11) is 0. The van der Waals surface area contributed by atoms with Gasteiger partial charge in [-0.3, -0.25) is 0 Å². The molecule has 2 fully saturated rings. The van der Waals surface area contributed by atoms with E-state index in [1.165, 1.54) is 19.3 Å². The Morgan fingerprint density at radius 2 is 2.18 bits per heavy atom. The molecule has 17 heavy (non-hydrogen) atoms. The third-order valence-electron chi connectivity index (χ3n) is 3.56. The first-order valence-corrected chi connectivity index (χ1v) is 6.13. The molecule has 2 heterocycles. The molecule has 2 atom stereocenters. The fourth-order valence-corrected chi connectivity index (χ4v) is 2.23. The Morgan fingerprint density at radius 3 is 2.82 bits per heavy atom. The first-order chi connectivity index (χ1) is 8.33. The highest BCUT2D eigenvalue weighted by Gasteiger charge is 2.28. The Bertz CT molecular complexity index is 397. The molecule has 0 aromatic carbocycles. The van der Waals surface area contributed by atoms with Crippen molar-refractivity contribution in [1.29, 1.82) is 0 Å². The van der Waals surface area contributed by atoms with Crippen LogP contribution in [0.2, 0.25) is 0 Å². The van der Waals surface area contributed by atoms with Gasteiger partial charge in [0, 0.05) is 17.7 Å². The Hall–Kier alpha value is -1.23. The molecule has 1 saturated heterocycles. The van der Waals surface area contributed by atoms with E-state index in [1.807, 2.05) is 6.07 Å². The Morgan fingerprint density at radius 1 is 1.29 bits per heavy atom. The van der Waals surface area contributed by atoms with Gasteiger partial charge >= 0.3 is 0 Å². The van der Waals surface area contributed by atoms with Crippen molar-refractivity contribution in [2.24, 2.45) is 0 Å². The molecule has 2 unspecified atom stereocenters. The van der Waals surface area contributed by atoms with Crippen LogP contribution in [0.4, 0.5) is 10.2 Å². The number of halogens is 1. The maximum atomic E-state index is 13.4. The summed E-state index contributed by atoms with van der Waals surface area (Å²) in [4.78, 5) is 8.41. The molecule has 0 amide bonds. The molecular weight excluding hydrogens is 221 g/mol. The standard InChI is InChI=1S/C12H16FN3O/c13-9-5-17-6-11(9)16-12-4-10(14-7-15-12)8-2-1-3-8/h4,7-9,11H,1-3,5-6H2,(H,14,15,16). The van der Waals surface area contributed by atoms with Crippen LogP contribution in [0.15, 0.2) is 12.4 Å². The average molecular weight is 237 g/mol. The van der Waals surface area contributed by atoms with Crippen molar-refractivity contribution >= 4 is 5.82 Å². The Kier molecular flexibility index (Phi) is 2.93. The molecule has 0 bridgehead atoms. The highest BCUT2D eigenvalue weighted by Crippen LogP contribution is 2.35. The molecule has 4 nitrogen and oxygen atoms in total. The summed E-state index contributed by atoms with van der Waals surface area (Å²) in [5.74, 6) is 1.28. The number of aromatic nitrogens is 2. The fraction of sp³-hybridized carbons (Fsp3) is 0.667. The van der Waals surface area contributed by atoms with Gasteiger partial charge in [-0.05, 0) is 12.8 Å². The van der Waals surface area contributed by atoms with E-state index in [4.69, 9.17) is 4.74 Å². The smallest absolute Gasteiger partial charge is 0.146 e. The summed E-state index contributed by atoms with van der Waals surface area (Å²) in [5.41, 5.74) is 1.07. The number of hydrogen-bond donors (Lipinski definition) is 1. The molecule has 2 aliphatic rings. The van der Waals surface area contributed by atoms with E-state index in [2.05, 4.69) is 15.3 Å². The second-order valence-corrected chi connectivity index (χ2v) is 4.76. The normalized spacial score (nSPS) is 29.0. The van der Waals surface area contributed by atoms with Crippen molar-refractivity contribution in [3.63, 3.8) is 0 Å². The predicted octanol–water partition coefficient (Wildman–Crippen LogP) is 1.89. The maximum absolute atomic E-state index is 13.4. The minimum Gasteiger partial charge on any atom is -0.376 e. The second-order valence-electron chi connectivity index (χ2n) is 4.76. The molecule has 1 aromatic rings. The minimum absolute atomic E-state index is 0.179. The topological polar surface area (TPSA) is 47.0 Å². The summed E-state index contributed by atoms with van der Waals surface area (Å²) in [6.07, 6.45) is 4.29. The van der Waals surface area contributed by atoms with Crippen LogP contribution in [0.3, 0.4) is 0 Å². The first kappa shape index (κ1) is 10.9. The Labute approximate surface area is 99.6 Å². The van der Waals surface area contributed by atoms with Gasteiger partial charge in [-0.25, -0.2) is 14.4 Å². The van der Waals surface area contributed by atoms with Gasteiger partial charge in [0.1, 0.15) is 18.3 Å². The number of nitrogens with one attached hydrogen (secondary N) is 1. The molecule has 1 aliphatic heterocycles. The largest absolute Gasteiger partial charge is 0.376 e. The van der Waals surface area contributed by atoms with E-state index in [0.717, 1.165) is 5.69 Å². The van der Waals surface area contributed by atoms with Crippen LogP contribution in [-0.2, 0) is 4.74 Å². The van der Waals surface area contributed by atoms with Crippen LogP contribution in [-0.4, -0.2) is 35.4 Å². The van der Waals surface area contributed by atoms with Crippen LogP contribution in [0.5, 0.6) is 0 Å². The molecule has 1 aromatic heterocycles. The van der Waals surface area contributed by atoms with Crippen molar-refractivity contribution in [3.8, 4) is 0 Å². The van der Waals surface area contributed by atoms with Crippen LogP contribution in [0, 0.1) is 0 Å². The van der Waals surface area contributed by atoms with Gasteiger partial charge in [-0.15, -0.1) is 0 Å². The van der Waals surface area contributed by atoms with Crippen LogP contribution in [0.25, 0.3) is 0 Å². The number of anilines is 1. The lowest BCUT2D eigenvalue weighted by atomic mass is 9.83. The molecule has 1 aliphatic carbocycles. The number of nitrogens with zero attached hydrogens (tertiary/aromatic N) is 2. The van der Waals surface area contributed by atoms with E-state index >= 15 is 0 Å². The molecule has 3 rings (SSSR count). The van der Waals surface area contributed by atoms with Gasteiger partial charge in [0.2, 0.25) is 0 Å². The van der Waals surface area contributed by atoms with E-state index in [1.54, 1.807) is 6.33 Å². The molecule has 1 saturated carbocycles. The van der Waals surface area contributed by atoms with Crippen molar-refractivity contribution < 1.29 is 9.13 Å². The van der Waals surface area contributed by atoms with Gasteiger partial charge < -0.3 is 10.1 Å². The maximum Gasteiger partial charge on any atom is 0.146 e. The predicted molar refractivity (Wildman–Crippen MR) is 61.7 cm³/mol. The average Bonchev–Trinajstić information content (AvgIpc) is 2.63. The molecular formula is C12H16FN3O. The van der Waals surface area contributed by atoms with Crippen LogP contribution >= 0.6 is 0 Å². The van der Waals surface area contributed by atoms with Crippen molar-refractivity contribution in [2.75, 3.05) is 18.5 Å². The van der Waals surface area contributed by atoms with Crippen molar-refractivity contribution in [3.05, 3.63) is 18.1 Å². The van der Waals surface area contributed by atoms with E-state index in [9.17, 15) is 4.39 Å². The summed E-state index contributed by atoms with van der Waals surface area (Å²) in [6, 6.07) is 1.66. The first-order valence-electron chi connectivity index (χ1n) is 6.13. The summed E-state index contributed by atoms with van der Waals surface area (Å²) < 4.78 is 18.4. The third kappa shape index (κ3) is 2.24. The highest BCUT2D eigenvalue weighted by atomic mass is 19.1. The number of hydrogen-bond acceptors (Lipinski definition) is 4. The monoisotopic (exact) mass is 237 g/mol. The SMILES string of the molecule is FC1COCC1Nc1cc(C2CCC2)ncn1. The zero-order valence-electron chi connectivity index (χ0n) is 9.60. The molecule has 0 radical (unpaired) electrons. The van der Waals surface area contributed by atoms with Crippen molar-refractivity contribution in [1.82, 2.24) is 9.97 Å². The number of rotatable bonds is 3.